The average Bonchev–Trinajstić information content (AvgIpc) is 2.34. The predicted octanol–water partition coefficient (Wildman–Crippen LogP) is 2.96. The van der Waals surface area contributed by atoms with Gasteiger partial charge < -0.3 is 4.74 Å². The average molecular weight is 310 g/mol. The second-order valence-corrected chi connectivity index (χ2v) is 4.40. The summed E-state index contributed by atoms with van der Waals surface area (Å²) < 4.78 is 4.20. The lowest BCUT2D eigenvalue weighted by Crippen LogP contribution is -2.19. The van der Waals surface area contributed by atoms with Gasteiger partial charge in [-0.2, -0.15) is 0 Å². The first-order valence-electron chi connectivity index (χ1n) is 4.66. The normalized spacial score (nSPS) is 10.0. The van der Waals surface area contributed by atoms with E-state index < -0.39 is 24.0 Å². The molecule has 0 bridgehead atoms. The van der Waals surface area contributed by atoms with Crippen molar-refractivity contribution in [2.75, 3.05) is 7.11 Å². The van der Waals surface area contributed by atoms with Crippen LogP contribution in [0.2, 0.25) is 15.1 Å². The number of ketones is 2. The van der Waals surface area contributed by atoms with E-state index in [1.807, 2.05) is 0 Å². The Balaban J connectivity index is 2.96. The Labute approximate surface area is 118 Å². The van der Waals surface area contributed by atoms with E-state index in [9.17, 15) is 14.4 Å². The molecule has 96 valence electrons. The molecule has 0 aromatic heterocycles. The summed E-state index contributed by atoms with van der Waals surface area (Å²) in [5.74, 6) is -2.67. The van der Waals surface area contributed by atoms with Crippen LogP contribution in [-0.2, 0) is 14.3 Å². The van der Waals surface area contributed by atoms with Gasteiger partial charge in [-0.1, -0.05) is 34.8 Å². The number of Topliss-reactive ketones (excluding diaryl/α,β-unsaturated/α-hetero) is 2. The van der Waals surface area contributed by atoms with Crippen LogP contribution in [0.5, 0.6) is 0 Å². The molecular formula is C11H7Cl3O4. The van der Waals surface area contributed by atoms with Gasteiger partial charge in [-0.25, -0.2) is 4.79 Å². The molecule has 0 aliphatic heterocycles. The number of carbonyl (C=O) groups is 3. The Morgan fingerprint density at radius 1 is 1.11 bits per heavy atom. The van der Waals surface area contributed by atoms with Gasteiger partial charge in [-0.05, 0) is 12.1 Å². The molecule has 0 N–H and O–H groups in total. The van der Waals surface area contributed by atoms with Crippen molar-refractivity contribution in [3.63, 3.8) is 0 Å². The second-order valence-electron chi connectivity index (χ2n) is 3.24. The summed E-state index contributed by atoms with van der Waals surface area (Å²) >= 11 is 17.3. The molecule has 0 atom stereocenters. The third-order valence-corrected chi connectivity index (χ3v) is 3.36. The Morgan fingerprint density at radius 2 is 1.72 bits per heavy atom. The molecule has 0 spiro atoms. The van der Waals surface area contributed by atoms with Crippen LogP contribution < -0.4 is 0 Å². The number of benzene rings is 1. The van der Waals surface area contributed by atoms with Crippen LogP contribution in [0.3, 0.4) is 0 Å². The fourth-order valence-electron chi connectivity index (χ4n) is 1.17. The van der Waals surface area contributed by atoms with Crippen LogP contribution in [-0.4, -0.2) is 24.6 Å². The molecule has 0 fully saturated rings. The van der Waals surface area contributed by atoms with Gasteiger partial charge in [0.15, 0.2) is 5.78 Å². The topological polar surface area (TPSA) is 60.4 Å². The fraction of sp³-hybridized carbons (Fsp3) is 0.182. The third-order valence-electron chi connectivity index (χ3n) is 2.07. The van der Waals surface area contributed by atoms with E-state index in [-0.39, 0.29) is 20.6 Å². The van der Waals surface area contributed by atoms with Gasteiger partial charge in [0.05, 0.1) is 28.6 Å². The lowest BCUT2D eigenvalue weighted by molar-refractivity contribution is -0.151. The molecule has 18 heavy (non-hydrogen) atoms. The number of hydrogen-bond donors (Lipinski definition) is 0. The highest BCUT2D eigenvalue weighted by molar-refractivity contribution is 6.49. The Kier molecular flexibility index (Phi) is 5.14. The Hall–Kier alpha value is -1.10. The van der Waals surface area contributed by atoms with Gasteiger partial charge in [0, 0.05) is 5.56 Å². The van der Waals surface area contributed by atoms with Crippen LogP contribution in [0.1, 0.15) is 16.8 Å². The molecule has 0 aliphatic rings. The summed E-state index contributed by atoms with van der Waals surface area (Å²) in [6.07, 6.45) is -0.635. The van der Waals surface area contributed by atoms with Gasteiger partial charge in [-0.3, -0.25) is 9.59 Å². The highest BCUT2D eigenvalue weighted by Gasteiger charge is 2.22. The van der Waals surface area contributed by atoms with Crippen molar-refractivity contribution in [2.24, 2.45) is 0 Å². The third kappa shape index (κ3) is 3.22. The lowest BCUT2D eigenvalue weighted by atomic mass is 10.1. The molecule has 1 aromatic rings. The smallest absolute Gasteiger partial charge is 0.374 e. The summed E-state index contributed by atoms with van der Waals surface area (Å²) in [4.78, 5) is 33.8. The van der Waals surface area contributed by atoms with E-state index in [4.69, 9.17) is 34.8 Å². The molecule has 0 heterocycles. The number of hydrogen-bond acceptors (Lipinski definition) is 4. The van der Waals surface area contributed by atoms with Crippen molar-refractivity contribution < 1.29 is 19.1 Å². The van der Waals surface area contributed by atoms with Crippen LogP contribution in [0, 0.1) is 0 Å². The minimum absolute atomic E-state index is 0.0229. The summed E-state index contributed by atoms with van der Waals surface area (Å²) in [5, 5.41) is 0.166. The van der Waals surface area contributed by atoms with E-state index in [1.165, 1.54) is 12.1 Å². The SMILES string of the molecule is COC(=O)C(=O)CC(=O)c1ccc(Cl)c(Cl)c1Cl. The molecule has 1 aromatic carbocycles. The van der Waals surface area contributed by atoms with Crippen LogP contribution in [0.4, 0.5) is 0 Å². The van der Waals surface area contributed by atoms with Crippen molar-refractivity contribution in [2.45, 2.75) is 6.42 Å². The first-order valence-corrected chi connectivity index (χ1v) is 5.79. The molecule has 7 heteroatoms. The Morgan fingerprint density at radius 3 is 2.28 bits per heavy atom. The minimum atomic E-state index is -1.08. The number of carbonyl (C=O) groups excluding carboxylic acids is 3. The number of esters is 1. The highest BCUT2D eigenvalue weighted by Crippen LogP contribution is 2.33. The van der Waals surface area contributed by atoms with Crippen molar-refractivity contribution in [1.82, 2.24) is 0 Å². The molecule has 0 saturated carbocycles. The van der Waals surface area contributed by atoms with E-state index in [1.54, 1.807) is 0 Å². The number of methoxy groups -OCH3 is 1. The van der Waals surface area contributed by atoms with Crippen LogP contribution in [0.15, 0.2) is 12.1 Å². The monoisotopic (exact) mass is 308 g/mol. The molecular weight excluding hydrogens is 302 g/mol. The Bertz CT molecular complexity index is 525. The van der Waals surface area contributed by atoms with E-state index in [2.05, 4.69) is 4.74 Å². The maximum absolute atomic E-state index is 11.7. The fourth-order valence-corrected chi connectivity index (χ4v) is 1.81. The zero-order chi connectivity index (χ0) is 13.9. The second kappa shape index (κ2) is 6.18. The molecule has 1 rings (SSSR count). The van der Waals surface area contributed by atoms with Crippen molar-refractivity contribution in [3.8, 4) is 0 Å². The van der Waals surface area contributed by atoms with Crippen LogP contribution >= 0.6 is 34.8 Å². The summed E-state index contributed by atoms with van der Waals surface area (Å²) in [6.45, 7) is 0. The maximum Gasteiger partial charge on any atom is 0.374 e. The molecule has 0 amide bonds. The zero-order valence-electron chi connectivity index (χ0n) is 9.13. The van der Waals surface area contributed by atoms with Gasteiger partial charge in [-0.15, -0.1) is 0 Å². The summed E-state index contributed by atoms with van der Waals surface area (Å²) in [6, 6.07) is 2.72. The van der Waals surface area contributed by atoms with Gasteiger partial charge in [0.25, 0.3) is 0 Å². The quantitative estimate of drug-likeness (QED) is 0.282. The summed E-state index contributed by atoms with van der Waals surface area (Å²) in [5.41, 5.74) is 0.0309. The van der Waals surface area contributed by atoms with Crippen LogP contribution in [0.25, 0.3) is 0 Å². The zero-order valence-corrected chi connectivity index (χ0v) is 11.4. The number of rotatable bonds is 4. The first-order chi connectivity index (χ1) is 8.38. The highest BCUT2D eigenvalue weighted by atomic mass is 35.5. The van der Waals surface area contributed by atoms with Crippen molar-refractivity contribution in [1.29, 1.82) is 0 Å². The van der Waals surface area contributed by atoms with Crippen molar-refractivity contribution in [3.05, 3.63) is 32.8 Å². The molecule has 0 saturated heterocycles. The van der Waals surface area contributed by atoms with Gasteiger partial charge in [0.1, 0.15) is 0 Å². The van der Waals surface area contributed by atoms with E-state index in [0.29, 0.717) is 0 Å². The summed E-state index contributed by atoms with van der Waals surface area (Å²) in [7, 11) is 1.05. The molecule has 4 nitrogen and oxygen atoms in total. The van der Waals surface area contributed by atoms with E-state index >= 15 is 0 Å². The first kappa shape index (κ1) is 15.0. The van der Waals surface area contributed by atoms with E-state index in [0.717, 1.165) is 7.11 Å². The standard InChI is InChI=1S/C11H7Cl3O4/c1-18-11(17)8(16)4-7(15)5-2-3-6(12)10(14)9(5)13/h2-3H,4H2,1H3. The maximum atomic E-state index is 11.7. The molecule has 0 aliphatic carbocycles. The van der Waals surface area contributed by atoms with Crippen molar-refractivity contribution >= 4 is 52.3 Å². The van der Waals surface area contributed by atoms with Gasteiger partial charge >= 0.3 is 5.97 Å². The molecule has 0 unspecified atom stereocenters. The lowest BCUT2D eigenvalue weighted by Gasteiger charge is -2.05. The number of ether oxygens (including phenoxy) is 1. The number of halogens is 3. The van der Waals surface area contributed by atoms with Gasteiger partial charge in [0.2, 0.25) is 5.78 Å². The largest absolute Gasteiger partial charge is 0.463 e. The molecule has 0 radical (unpaired) electrons. The predicted molar refractivity (Wildman–Crippen MR) is 67.4 cm³/mol. The minimum Gasteiger partial charge on any atom is -0.463 e.